The molecule has 0 aliphatic carbocycles. The molecule has 0 saturated heterocycles. The Hall–Kier alpha value is -2.12. The fourth-order valence-corrected chi connectivity index (χ4v) is 3.97. The van der Waals surface area contributed by atoms with Gasteiger partial charge in [0.15, 0.2) is 0 Å². The Balaban J connectivity index is 3.50. The van der Waals surface area contributed by atoms with Crippen molar-refractivity contribution < 1.29 is 24.3 Å². The van der Waals surface area contributed by atoms with Crippen molar-refractivity contribution in [2.75, 3.05) is 6.54 Å². The number of nitrogens with one attached hydrogen (secondary N) is 2. The number of carbonyl (C=O) groups is 4. The molecule has 0 saturated carbocycles. The second-order valence-electron chi connectivity index (χ2n) is 9.34. The van der Waals surface area contributed by atoms with Crippen molar-refractivity contribution in [1.82, 2.24) is 10.6 Å². The maximum atomic E-state index is 12.1. The zero-order valence-electron chi connectivity index (χ0n) is 21.4. The number of amides is 3. The number of carbonyl (C=O) groups excluding carboxylic acids is 3. The number of primary amides is 1. The number of nitrogens with two attached hydrogens (primary N) is 1. The minimum Gasteiger partial charge on any atom is -0.481 e. The molecular weight excluding hydrogens is 434 g/mol. The summed E-state index contributed by atoms with van der Waals surface area (Å²) < 4.78 is 0. The van der Waals surface area contributed by atoms with Crippen molar-refractivity contribution >= 4 is 23.7 Å². The monoisotopic (exact) mass is 483 g/mol. The highest BCUT2D eigenvalue weighted by Gasteiger charge is 2.17. The lowest BCUT2D eigenvalue weighted by molar-refractivity contribution is -0.137. The van der Waals surface area contributed by atoms with Crippen LogP contribution in [0.15, 0.2) is 0 Å². The largest absolute Gasteiger partial charge is 0.481 e. The maximum absolute atomic E-state index is 12.1. The highest BCUT2D eigenvalue weighted by molar-refractivity contribution is 5.86. The molecule has 0 aliphatic rings. The number of carboxylic acids is 1. The summed E-state index contributed by atoms with van der Waals surface area (Å²) in [4.78, 5) is 44.9. The maximum Gasteiger partial charge on any atom is 0.303 e. The van der Waals surface area contributed by atoms with Gasteiger partial charge in [0, 0.05) is 26.3 Å². The van der Waals surface area contributed by atoms with E-state index in [0.717, 1.165) is 44.9 Å². The molecule has 0 aromatic heterocycles. The van der Waals surface area contributed by atoms with Crippen molar-refractivity contribution in [3.8, 4) is 0 Å². The van der Waals surface area contributed by atoms with Crippen LogP contribution in [0.3, 0.4) is 0 Å². The number of unbranched alkanes of at least 4 members (excludes halogenated alkanes) is 14. The highest BCUT2D eigenvalue weighted by atomic mass is 16.4. The molecule has 34 heavy (non-hydrogen) atoms. The Morgan fingerprint density at radius 2 is 1.12 bits per heavy atom. The summed E-state index contributed by atoms with van der Waals surface area (Å²) in [6.45, 7) is 2.03. The highest BCUT2D eigenvalue weighted by Crippen LogP contribution is 2.14. The van der Waals surface area contributed by atoms with Crippen molar-refractivity contribution in [2.24, 2.45) is 5.73 Å². The number of hydrogen-bond acceptors (Lipinski definition) is 4. The van der Waals surface area contributed by atoms with Crippen molar-refractivity contribution in [3.63, 3.8) is 0 Å². The van der Waals surface area contributed by atoms with Gasteiger partial charge in [0.2, 0.25) is 17.7 Å². The van der Waals surface area contributed by atoms with Gasteiger partial charge < -0.3 is 21.5 Å². The first kappa shape index (κ1) is 31.9. The Bertz CT molecular complexity index is 569. The van der Waals surface area contributed by atoms with E-state index in [2.05, 4.69) is 10.6 Å². The summed E-state index contributed by atoms with van der Waals surface area (Å²) in [6.07, 6.45) is 18.6. The van der Waals surface area contributed by atoms with Crippen LogP contribution in [0.4, 0.5) is 0 Å². The van der Waals surface area contributed by atoms with Crippen molar-refractivity contribution in [2.45, 2.75) is 135 Å². The van der Waals surface area contributed by atoms with Gasteiger partial charge in [-0.2, -0.15) is 0 Å². The average molecular weight is 484 g/mol. The quantitative estimate of drug-likeness (QED) is 0.149. The average Bonchev–Trinajstić information content (AvgIpc) is 2.77. The second kappa shape index (κ2) is 22.7. The molecule has 0 bridgehead atoms. The van der Waals surface area contributed by atoms with Crippen molar-refractivity contribution in [3.05, 3.63) is 0 Å². The van der Waals surface area contributed by atoms with Gasteiger partial charge >= 0.3 is 5.97 Å². The van der Waals surface area contributed by atoms with E-state index >= 15 is 0 Å². The van der Waals surface area contributed by atoms with E-state index in [4.69, 9.17) is 10.8 Å². The third-order valence-corrected chi connectivity index (χ3v) is 6.02. The third-order valence-electron chi connectivity index (χ3n) is 6.02. The van der Waals surface area contributed by atoms with Gasteiger partial charge in [-0.05, 0) is 32.1 Å². The Morgan fingerprint density at radius 1 is 0.676 bits per heavy atom. The molecule has 5 N–H and O–H groups in total. The fraction of sp³-hybridized carbons (Fsp3) is 0.846. The summed E-state index contributed by atoms with van der Waals surface area (Å²) in [5.41, 5.74) is 5.40. The molecule has 0 fully saturated rings. The summed E-state index contributed by atoms with van der Waals surface area (Å²) in [5, 5.41) is 14.0. The number of aliphatic carboxylic acids is 1. The van der Waals surface area contributed by atoms with Crippen LogP contribution >= 0.6 is 0 Å². The lowest BCUT2D eigenvalue weighted by Crippen LogP contribution is -2.44. The van der Waals surface area contributed by atoms with Gasteiger partial charge in [-0.3, -0.25) is 19.2 Å². The molecule has 198 valence electrons. The van der Waals surface area contributed by atoms with E-state index in [1.54, 1.807) is 0 Å². The van der Waals surface area contributed by atoms with Gasteiger partial charge in [-0.1, -0.05) is 77.0 Å². The molecule has 1 unspecified atom stereocenters. The molecule has 0 heterocycles. The van der Waals surface area contributed by atoms with Crippen LogP contribution in [-0.2, 0) is 19.2 Å². The smallest absolute Gasteiger partial charge is 0.303 e. The second-order valence-corrected chi connectivity index (χ2v) is 9.34. The van der Waals surface area contributed by atoms with Crippen LogP contribution < -0.4 is 16.4 Å². The van der Waals surface area contributed by atoms with E-state index in [1.165, 1.54) is 58.3 Å². The SMILES string of the molecule is CC(=O)NCCCCC(NC(=O)CCCCCCCCCCCCCCCCC(=O)O)C(N)=O. The third kappa shape index (κ3) is 23.1. The van der Waals surface area contributed by atoms with Crippen LogP contribution in [-0.4, -0.2) is 41.4 Å². The first-order chi connectivity index (χ1) is 16.3. The molecule has 1 atom stereocenters. The summed E-state index contributed by atoms with van der Waals surface area (Å²) >= 11 is 0. The van der Waals surface area contributed by atoms with Gasteiger partial charge in [0.1, 0.15) is 6.04 Å². The van der Waals surface area contributed by atoms with E-state index in [-0.39, 0.29) is 11.8 Å². The zero-order chi connectivity index (χ0) is 25.4. The predicted molar refractivity (Wildman–Crippen MR) is 135 cm³/mol. The van der Waals surface area contributed by atoms with Gasteiger partial charge in [-0.25, -0.2) is 0 Å². The Labute approximate surface area is 206 Å². The van der Waals surface area contributed by atoms with Gasteiger partial charge in [0.25, 0.3) is 0 Å². The Morgan fingerprint density at radius 3 is 1.53 bits per heavy atom. The summed E-state index contributed by atoms with van der Waals surface area (Å²) in [6, 6.07) is -0.637. The van der Waals surface area contributed by atoms with Gasteiger partial charge in [-0.15, -0.1) is 0 Å². The van der Waals surface area contributed by atoms with Crippen molar-refractivity contribution in [1.29, 1.82) is 0 Å². The minimum atomic E-state index is -0.692. The predicted octanol–water partition coefficient (Wildman–Crippen LogP) is 4.59. The molecule has 0 aromatic rings. The van der Waals surface area contributed by atoms with Crippen LogP contribution in [0.25, 0.3) is 0 Å². The number of carboxylic acid groups (broad SMARTS) is 1. The molecule has 0 spiro atoms. The molecular formula is C26H49N3O5. The molecule has 0 radical (unpaired) electrons. The van der Waals surface area contributed by atoms with E-state index in [1.807, 2.05) is 0 Å². The van der Waals surface area contributed by atoms with Gasteiger partial charge in [0.05, 0.1) is 0 Å². The number of hydrogen-bond donors (Lipinski definition) is 4. The number of rotatable bonds is 24. The van der Waals surface area contributed by atoms with Crippen LogP contribution in [0.2, 0.25) is 0 Å². The fourth-order valence-electron chi connectivity index (χ4n) is 3.97. The van der Waals surface area contributed by atoms with E-state index in [0.29, 0.717) is 32.2 Å². The first-order valence-corrected chi connectivity index (χ1v) is 13.4. The lowest BCUT2D eigenvalue weighted by atomic mass is 10.0. The molecule has 8 nitrogen and oxygen atoms in total. The van der Waals surface area contributed by atoms with E-state index < -0.39 is 17.9 Å². The standard InChI is InChI=1S/C26H49N3O5/c1-22(30)28-21-17-16-18-23(26(27)34)29-24(31)19-14-12-10-8-6-4-2-3-5-7-9-11-13-15-20-25(32)33/h23H,2-21H2,1H3,(H2,27,34)(H,28,30)(H,29,31)(H,32,33). The zero-order valence-corrected chi connectivity index (χ0v) is 21.4. The first-order valence-electron chi connectivity index (χ1n) is 13.4. The molecule has 0 aromatic carbocycles. The minimum absolute atomic E-state index is 0.0746. The van der Waals surface area contributed by atoms with Crippen LogP contribution in [0.5, 0.6) is 0 Å². The molecule has 0 rings (SSSR count). The summed E-state index contributed by atoms with van der Waals surface area (Å²) in [5.74, 6) is -1.40. The van der Waals surface area contributed by atoms with Crippen LogP contribution in [0, 0.1) is 0 Å². The molecule has 0 aliphatic heterocycles. The normalized spacial score (nSPS) is 11.7. The topological polar surface area (TPSA) is 139 Å². The van der Waals surface area contributed by atoms with E-state index in [9.17, 15) is 19.2 Å². The Kier molecular flexibility index (Phi) is 21.2. The van der Waals surface area contributed by atoms with Crippen LogP contribution in [0.1, 0.15) is 129 Å². The lowest BCUT2D eigenvalue weighted by Gasteiger charge is -2.15. The molecule has 8 heteroatoms. The molecule has 3 amide bonds. The summed E-state index contributed by atoms with van der Waals surface area (Å²) in [7, 11) is 0.